The zero-order chi connectivity index (χ0) is 24.3. The fourth-order valence-electron chi connectivity index (χ4n) is 3.87. The third-order valence-electron chi connectivity index (χ3n) is 5.72. The Hall–Kier alpha value is -3.33. The fraction of sp³-hybridized carbons (Fsp3) is 0.292. The molecule has 1 fully saturated rings. The molecule has 1 aromatic heterocycles. The van der Waals surface area contributed by atoms with Crippen molar-refractivity contribution in [1.29, 1.82) is 0 Å². The van der Waals surface area contributed by atoms with Crippen LogP contribution in [0, 0.1) is 5.92 Å². The molecular weight excluding hydrogens is 469 g/mol. The molecule has 1 aliphatic rings. The number of piperidine rings is 1. The molecule has 1 unspecified atom stereocenters. The second-order valence-electron chi connectivity index (χ2n) is 8.12. The van der Waals surface area contributed by atoms with Crippen LogP contribution in [0.2, 0.25) is 5.02 Å². The summed E-state index contributed by atoms with van der Waals surface area (Å²) in [7, 11) is 0. The first-order valence-electron chi connectivity index (χ1n) is 10.8. The van der Waals surface area contributed by atoms with Gasteiger partial charge in [-0.2, -0.15) is 18.3 Å². The van der Waals surface area contributed by atoms with Crippen molar-refractivity contribution in [3.63, 3.8) is 0 Å². The first-order valence-corrected chi connectivity index (χ1v) is 11.1. The molecule has 0 aliphatic carbocycles. The lowest BCUT2D eigenvalue weighted by molar-refractivity contribution is -0.141. The third kappa shape index (κ3) is 5.59. The minimum atomic E-state index is -4.50. The fourth-order valence-corrected chi connectivity index (χ4v) is 4.00. The molecule has 1 aliphatic heterocycles. The zero-order valence-electron chi connectivity index (χ0n) is 18.1. The van der Waals surface area contributed by atoms with Crippen molar-refractivity contribution in [2.24, 2.45) is 5.92 Å². The van der Waals surface area contributed by atoms with Crippen molar-refractivity contribution in [3.8, 4) is 5.69 Å². The van der Waals surface area contributed by atoms with Crippen LogP contribution in [0.25, 0.3) is 5.69 Å². The molecule has 1 N–H and O–H groups in total. The second-order valence-corrected chi connectivity index (χ2v) is 8.56. The summed E-state index contributed by atoms with van der Waals surface area (Å²) in [4.78, 5) is 27.1. The summed E-state index contributed by atoms with van der Waals surface area (Å²) in [6, 6.07) is 14.3. The Labute approximate surface area is 199 Å². The van der Waals surface area contributed by atoms with Crippen LogP contribution in [0.4, 0.5) is 13.2 Å². The SMILES string of the molecule is O=C(NCc1ccc(-n2ccc(C(F)(F)F)n2)cc1)C1CCCN(C(=O)c2ccc(Cl)cc2)C1. The summed E-state index contributed by atoms with van der Waals surface area (Å²) in [6.45, 7) is 1.21. The van der Waals surface area contributed by atoms with Crippen molar-refractivity contribution in [2.75, 3.05) is 13.1 Å². The van der Waals surface area contributed by atoms with Crippen LogP contribution in [0.3, 0.4) is 0 Å². The van der Waals surface area contributed by atoms with E-state index in [1.807, 2.05) is 0 Å². The van der Waals surface area contributed by atoms with Crippen molar-refractivity contribution in [2.45, 2.75) is 25.6 Å². The van der Waals surface area contributed by atoms with Crippen LogP contribution in [-0.2, 0) is 17.5 Å². The molecule has 0 saturated carbocycles. The highest BCUT2D eigenvalue weighted by molar-refractivity contribution is 6.30. The lowest BCUT2D eigenvalue weighted by atomic mass is 9.96. The van der Waals surface area contributed by atoms with Gasteiger partial charge in [0.2, 0.25) is 5.91 Å². The molecular formula is C24H22ClF3N4O2. The number of rotatable bonds is 5. The maximum Gasteiger partial charge on any atom is 0.435 e. The van der Waals surface area contributed by atoms with Gasteiger partial charge in [0.15, 0.2) is 5.69 Å². The largest absolute Gasteiger partial charge is 0.435 e. The summed E-state index contributed by atoms with van der Waals surface area (Å²) in [6.07, 6.45) is -1.82. The molecule has 4 rings (SSSR count). The van der Waals surface area contributed by atoms with Crippen LogP contribution < -0.4 is 5.32 Å². The highest BCUT2D eigenvalue weighted by atomic mass is 35.5. The van der Waals surface area contributed by atoms with E-state index in [1.54, 1.807) is 53.4 Å². The standard InChI is InChI=1S/C24H22ClF3N4O2/c25-19-7-5-17(6-8-19)23(34)31-12-1-2-18(15-31)22(33)29-14-16-3-9-20(10-4-16)32-13-11-21(30-32)24(26,27)28/h3-11,13,18H,1-2,12,14-15H2,(H,29,33). The quantitative estimate of drug-likeness (QED) is 0.563. The Bertz CT molecular complexity index is 1160. The van der Waals surface area contributed by atoms with E-state index in [2.05, 4.69) is 10.4 Å². The Morgan fingerprint density at radius 1 is 1.06 bits per heavy atom. The average Bonchev–Trinajstić information content (AvgIpc) is 3.34. The van der Waals surface area contributed by atoms with E-state index >= 15 is 0 Å². The number of aromatic nitrogens is 2. The summed E-state index contributed by atoms with van der Waals surface area (Å²) in [5.74, 6) is -0.578. The van der Waals surface area contributed by atoms with Gasteiger partial charge in [0.1, 0.15) is 0 Å². The van der Waals surface area contributed by atoms with Gasteiger partial charge in [-0.05, 0) is 60.9 Å². The number of benzene rings is 2. The molecule has 2 amide bonds. The molecule has 0 radical (unpaired) electrons. The van der Waals surface area contributed by atoms with Gasteiger partial charge >= 0.3 is 6.18 Å². The smallest absolute Gasteiger partial charge is 0.352 e. The number of halogens is 4. The maximum atomic E-state index is 12.7. The predicted octanol–water partition coefficient (Wildman–Crippen LogP) is 4.71. The number of amides is 2. The summed E-state index contributed by atoms with van der Waals surface area (Å²) >= 11 is 5.89. The Kier molecular flexibility index (Phi) is 6.92. The third-order valence-corrected chi connectivity index (χ3v) is 5.97. The Morgan fingerprint density at radius 2 is 1.76 bits per heavy atom. The number of carbonyl (C=O) groups excluding carboxylic acids is 2. The van der Waals surface area contributed by atoms with Gasteiger partial charge in [-0.15, -0.1) is 0 Å². The highest BCUT2D eigenvalue weighted by Crippen LogP contribution is 2.28. The molecule has 0 spiro atoms. The van der Waals surface area contributed by atoms with E-state index in [0.29, 0.717) is 35.8 Å². The topological polar surface area (TPSA) is 67.2 Å². The van der Waals surface area contributed by atoms with Crippen LogP contribution in [-0.4, -0.2) is 39.6 Å². The Balaban J connectivity index is 1.32. The monoisotopic (exact) mass is 490 g/mol. The second kappa shape index (κ2) is 9.89. The maximum absolute atomic E-state index is 12.7. The van der Waals surface area contributed by atoms with Crippen LogP contribution in [0.15, 0.2) is 60.8 Å². The first kappa shape index (κ1) is 23.8. The minimum absolute atomic E-state index is 0.128. The van der Waals surface area contributed by atoms with Gasteiger partial charge in [-0.1, -0.05) is 23.7 Å². The van der Waals surface area contributed by atoms with E-state index in [9.17, 15) is 22.8 Å². The number of hydrogen-bond acceptors (Lipinski definition) is 3. The zero-order valence-corrected chi connectivity index (χ0v) is 18.8. The van der Waals surface area contributed by atoms with Crippen molar-refractivity contribution < 1.29 is 22.8 Å². The van der Waals surface area contributed by atoms with E-state index < -0.39 is 11.9 Å². The average molecular weight is 491 g/mol. The van der Waals surface area contributed by atoms with E-state index in [1.165, 1.54) is 6.20 Å². The van der Waals surface area contributed by atoms with Gasteiger partial charge in [-0.25, -0.2) is 4.68 Å². The van der Waals surface area contributed by atoms with E-state index in [0.717, 1.165) is 22.7 Å². The summed E-state index contributed by atoms with van der Waals surface area (Å²) < 4.78 is 39.4. The van der Waals surface area contributed by atoms with Gasteiger partial charge in [0.25, 0.3) is 5.91 Å². The van der Waals surface area contributed by atoms with Crippen molar-refractivity contribution >= 4 is 23.4 Å². The number of hydrogen-bond donors (Lipinski definition) is 1. The molecule has 2 heterocycles. The van der Waals surface area contributed by atoms with Gasteiger partial charge < -0.3 is 10.2 Å². The summed E-state index contributed by atoms with van der Waals surface area (Å²) in [5, 5.41) is 6.99. The molecule has 34 heavy (non-hydrogen) atoms. The molecule has 178 valence electrons. The van der Waals surface area contributed by atoms with E-state index in [-0.39, 0.29) is 24.3 Å². The lowest BCUT2D eigenvalue weighted by Gasteiger charge is -2.32. The van der Waals surface area contributed by atoms with Crippen LogP contribution in [0.5, 0.6) is 0 Å². The molecule has 0 bridgehead atoms. The van der Waals surface area contributed by atoms with Crippen LogP contribution in [0.1, 0.15) is 34.5 Å². The molecule has 10 heteroatoms. The summed E-state index contributed by atoms with van der Waals surface area (Å²) in [5.41, 5.74) is 0.851. The molecule has 2 aromatic carbocycles. The van der Waals surface area contributed by atoms with Crippen LogP contribution >= 0.6 is 11.6 Å². The number of carbonyl (C=O) groups is 2. The lowest BCUT2D eigenvalue weighted by Crippen LogP contribution is -2.45. The molecule has 6 nitrogen and oxygen atoms in total. The predicted molar refractivity (Wildman–Crippen MR) is 120 cm³/mol. The first-order chi connectivity index (χ1) is 16.2. The Morgan fingerprint density at radius 3 is 2.41 bits per heavy atom. The molecule has 3 aromatic rings. The number of nitrogens with one attached hydrogen (secondary N) is 1. The van der Waals surface area contributed by atoms with Gasteiger partial charge in [-0.3, -0.25) is 9.59 Å². The van der Waals surface area contributed by atoms with Gasteiger partial charge in [0, 0.05) is 36.4 Å². The van der Waals surface area contributed by atoms with Gasteiger partial charge in [0.05, 0.1) is 11.6 Å². The molecule has 1 saturated heterocycles. The molecule has 1 atom stereocenters. The number of alkyl halides is 3. The number of nitrogens with zero attached hydrogens (tertiary/aromatic N) is 3. The normalized spacial score (nSPS) is 16.4. The van der Waals surface area contributed by atoms with Crippen molar-refractivity contribution in [3.05, 3.63) is 82.6 Å². The minimum Gasteiger partial charge on any atom is -0.352 e. The number of likely N-dealkylation sites (tertiary alicyclic amines) is 1. The highest BCUT2D eigenvalue weighted by Gasteiger charge is 2.33. The van der Waals surface area contributed by atoms with E-state index in [4.69, 9.17) is 11.6 Å². The van der Waals surface area contributed by atoms with Crippen molar-refractivity contribution in [1.82, 2.24) is 20.0 Å².